The van der Waals surface area contributed by atoms with E-state index in [1.165, 1.54) is 16.6 Å². The van der Waals surface area contributed by atoms with Crippen molar-refractivity contribution in [2.24, 2.45) is 0 Å². The average molecular weight is 378 g/mol. The second-order valence-corrected chi connectivity index (χ2v) is 7.54. The second-order valence-electron chi connectivity index (χ2n) is 4.75. The minimum absolute atomic E-state index is 0.0180. The lowest BCUT2D eigenvalue weighted by atomic mass is 10.3. The molecule has 0 spiro atoms. The number of thioether (sulfide) groups is 2. The van der Waals surface area contributed by atoms with Gasteiger partial charge in [-0.15, -0.1) is 28.2 Å². The second kappa shape index (κ2) is 8.32. The Hall–Kier alpha value is -1.84. The normalized spacial score (nSPS) is 10.7. The summed E-state index contributed by atoms with van der Waals surface area (Å²) in [5.74, 6) is 1.26. The molecule has 124 valence electrons. The van der Waals surface area contributed by atoms with Crippen LogP contribution in [-0.4, -0.2) is 38.1 Å². The largest absolute Gasteiger partial charge is 0.325 e. The zero-order chi connectivity index (χ0) is 16.8. The maximum atomic E-state index is 12.1. The third-order valence-electron chi connectivity index (χ3n) is 3.06. The highest BCUT2D eigenvalue weighted by molar-refractivity contribution is 7.99. The van der Waals surface area contributed by atoms with Crippen molar-refractivity contribution in [2.75, 3.05) is 17.3 Å². The molecule has 1 N–H and O–H groups in total. The monoisotopic (exact) mass is 377 g/mol. The molecule has 2 aromatic heterocycles. The molecule has 0 aliphatic heterocycles. The van der Waals surface area contributed by atoms with Crippen LogP contribution in [0.4, 0.5) is 5.69 Å². The summed E-state index contributed by atoms with van der Waals surface area (Å²) in [6, 6.07) is 11.6. The molecule has 0 atom stereocenters. The lowest BCUT2D eigenvalue weighted by molar-refractivity contribution is -0.113. The van der Waals surface area contributed by atoms with Crippen LogP contribution in [0.2, 0.25) is 0 Å². The number of amides is 1. The Morgan fingerprint density at radius 3 is 3.04 bits per heavy atom. The fourth-order valence-electron chi connectivity index (χ4n) is 2.02. The molecule has 3 rings (SSSR count). The van der Waals surface area contributed by atoms with Gasteiger partial charge in [0.2, 0.25) is 11.1 Å². The highest BCUT2D eigenvalue weighted by atomic mass is 32.2. The Bertz CT molecular complexity index is 803. The predicted octanol–water partition coefficient (Wildman–Crippen LogP) is 3.32. The lowest BCUT2D eigenvalue weighted by Gasteiger charge is -2.08. The van der Waals surface area contributed by atoms with E-state index in [4.69, 9.17) is 0 Å². The van der Waals surface area contributed by atoms with E-state index in [1.807, 2.05) is 42.0 Å². The number of tetrazole rings is 1. The van der Waals surface area contributed by atoms with Gasteiger partial charge in [-0.05, 0) is 46.3 Å². The van der Waals surface area contributed by atoms with E-state index in [2.05, 4.69) is 26.9 Å². The van der Waals surface area contributed by atoms with Gasteiger partial charge in [-0.1, -0.05) is 23.9 Å². The molecule has 9 heteroatoms. The van der Waals surface area contributed by atoms with E-state index in [1.54, 1.807) is 27.8 Å². The molecule has 0 radical (unpaired) electrons. The number of hydrogen-bond donors (Lipinski definition) is 1. The van der Waals surface area contributed by atoms with E-state index in [-0.39, 0.29) is 5.91 Å². The van der Waals surface area contributed by atoms with E-state index in [9.17, 15) is 4.79 Å². The highest BCUT2D eigenvalue weighted by Gasteiger charge is 2.09. The summed E-state index contributed by atoms with van der Waals surface area (Å²) in [5.41, 5.74) is 1.55. The first-order chi connectivity index (χ1) is 11.8. The summed E-state index contributed by atoms with van der Waals surface area (Å²) in [7, 11) is 0. The van der Waals surface area contributed by atoms with Crippen LogP contribution >= 0.6 is 34.9 Å². The van der Waals surface area contributed by atoms with E-state index in [0.717, 1.165) is 17.1 Å². The molecule has 0 aliphatic rings. The van der Waals surface area contributed by atoms with Crippen LogP contribution in [0.5, 0.6) is 0 Å². The Balaban J connectivity index is 1.59. The molecule has 2 heterocycles. The van der Waals surface area contributed by atoms with Crippen molar-refractivity contribution in [3.63, 3.8) is 0 Å². The number of rotatable bonds is 7. The van der Waals surface area contributed by atoms with Crippen LogP contribution in [0.1, 0.15) is 4.88 Å². The van der Waals surface area contributed by atoms with E-state index >= 15 is 0 Å². The van der Waals surface area contributed by atoms with Crippen LogP contribution in [0, 0.1) is 0 Å². The smallest absolute Gasteiger partial charge is 0.234 e. The zero-order valence-corrected chi connectivity index (χ0v) is 15.3. The standard InChI is InChI=1S/C15H15N5OS3/c1-22-15-17-18-19-20(15)12-5-2-4-11(8-12)16-14(21)10-23-9-13-6-3-7-24-13/h2-8H,9-10H2,1H3,(H,16,21). The van der Waals surface area contributed by atoms with Crippen LogP contribution in [0.15, 0.2) is 46.9 Å². The van der Waals surface area contributed by atoms with Gasteiger partial charge < -0.3 is 5.32 Å². The van der Waals surface area contributed by atoms with Gasteiger partial charge >= 0.3 is 0 Å². The number of hydrogen-bond acceptors (Lipinski definition) is 7. The zero-order valence-electron chi connectivity index (χ0n) is 12.9. The molecule has 1 aromatic carbocycles. The van der Waals surface area contributed by atoms with Crippen molar-refractivity contribution in [3.05, 3.63) is 46.7 Å². The number of nitrogens with zero attached hydrogens (tertiary/aromatic N) is 4. The predicted molar refractivity (Wildman–Crippen MR) is 100 cm³/mol. The summed E-state index contributed by atoms with van der Waals surface area (Å²) in [5, 5.41) is 17.3. The fraction of sp³-hybridized carbons (Fsp3) is 0.200. The number of thiophene rings is 1. The number of aromatic nitrogens is 4. The molecule has 1 amide bonds. The summed E-state index contributed by atoms with van der Waals surface area (Å²) in [6.07, 6.45) is 1.92. The number of anilines is 1. The Morgan fingerprint density at radius 1 is 1.33 bits per heavy atom. The van der Waals surface area contributed by atoms with Gasteiger partial charge in [0.15, 0.2) is 0 Å². The molecule has 0 saturated heterocycles. The van der Waals surface area contributed by atoms with Crippen molar-refractivity contribution in [1.29, 1.82) is 0 Å². The molecule has 0 fully saturated rings. The molecule has 24 heavy (non-hydrogen) atoms. The summed E-state index contributed by atoms with van der Waals surface area (Å²) < 4.78 is 1.64. The van der Waals surface area contributed by atoms with Crippen molar-refractivity contribution in [2.45, 2.75) is 10.9 Å². The van der Waals surface area contributed by atoms with E-state index < -0.39 is 0 Å². The number of carbonyl (C=O) groups is 1. The Morgan fingerprint density at radius 2 is 2.25 bits per heavy atom. The van der Waals surface area contributed by atoms with Crippen LogP contribution in [0.3, 0.4) is 0 Å². The SMILES string of the molecule is CSc1nnnn1-c1cccc(NC(=O)CSCc2cccs2)c1. The van der Waals surface area contributed by atoms with Gasteiger partial charge in [0.25, 0.3) is 0 Å². The first kappa shape index (κ1) is 17.0. The summed E-state index contributed by atoms with van der Waals surface area (Å²) in [4.78, 5) is 13.4. The fourth-order valence-corrected chi connectivity index (χ4v) is 4.12. The average Bonchev–Trinajstić information content (AvgIpc) is 3.26. The maximum absolute atomic E-state index is 12.1. The van der Waals surface area contributed by atoms with Crippen molar-refractivity contribution in [3.8, 4) is 5.69 Å². The van der Waals surface area contributed by atoms with Crippen molar-refractivity contribution >= 4 is 46.5 Å². The molecule has 3 aromatic rings. The minimum atomic E-state index is -0.0180. The van der Waals surface area contributed by atoms with Gasteiger partial charge in [-0.3, -0.25) is 4.79 Å². The molecular formula is C15H15N5OS3. The minimum Gasteiger partial charge on any atom is -0.325 e. The number of nitrogens with one attached hydrogen (secondary N) is 1. The third-order valence-corrected chi connectivity index (χ3v) is 5.72. The molecule has 0 unspecified atom stereocenters. The Labute approximate surface area is 152 Å². The lowest BCUT2D eigenvalue weighted by Crippen LogP contribution is -2.14. The molecule has 0 aliphatic carbocycles. The molecule has 0 bridgehead atoms. The van der Waals surface area contributed by atoms with Gasteiger partial charge in [0.1, 0.15) is 0 Å². The first-order valence-electron chi connectivity index (χ1n) is 7.09. The van der Waals surface area contributed by atoms with Gasteiger partial charge in [-0.25, -0.2) is 0 Å². The maximum Gasteiger partial charge on any atom is 0.234 e. The Kier molecular flexibility index (Phi) is 5.89. The molecule has 0 saturated carbocycles. The van der Waals surface area contributed by atoms with Gasteiger partial charge in [-0.2, -0.15) is 4.68 Å². The number of carbonyl (C=O) groups excluding carboxylic acids is 1. The van der Waals surface area contributed by atoms with Crippen LogP contribution < -0.4 is 5.32 Å². The number of benzene rings is 1. The van der Waals surface area contributed by atoms with Gasteiger partial charge in [0.05, 0.1) is 11.4 Å². The quantitative estimate of drug-likeness (QED) is 0.637. The third kappa shape index (κ3) is 4.37. The first-order valence-corrected chi connectivity index (χ1v) is 10.3. The summed E-state index contributed by atoms with van der Waals surface area (Å²) in [6.45, 7) is 0. The molecular weight excluding hydrogens is 362 g/mol. The van der Waals surface area contributed by atoms with Crippen molar-refractivity contribution in [1.82, 2.24) is 20.2 Å². The topological polar surface area (TPSA) is 72.7 Å². The van der Waals surface area contributed by atoms with Crippen LogP contribution in [-0.2, 0) is 10.5 Å². The van der Waals surface area contributed by atoms with Crippen LogP contribution in [0.25, 0.3) is 5.69 Å². The van der Waals surface area contributed by atoms with Crippen molar-refractivity contribution < 1.29 is 4.79 Å². The van der Waals surface area contributed by atoms with E-state index in [0.29, 0.717) is 10.9 Å². The summed E-state index contributed by atoms with van der Waals surface area (Å²) >= 11 is 4.77. The van der Waals surface area contributed by atoms with Gasteiger partial charge in [0, 0.05) is 16.3 Å². The molecule has 6 nitrogen and oxygen atoms in total. The highest BCUT2D eigenvalue weighted by Crippen LogP contribution is 2.20.